The van der Waals surface area contributed by atoms with Crippen LogP contribution in [-0.4, -0.2) is 30.2 Å². The summed E-state index contributed by atoms with van der Waals surface area (Å²) in [5.74, 6) is -3.50. The molecule has 0 aromatic heterocycles. The van der Waals surface area contributed by atoms with Gasteiger partial charge in [-0.3, -0.25) is 4.79 Å². The Hall–Kier alpha value is -4.21. The van der Waals surface area contributed by atoms with Gasteiger partial charge in [-0.2, -0.15) is 13.2 Å². The molecule has 3 rings (SSSR count). The lowest BCUT2D eigenvalue weighted by Gasteiger charge is -2.20. The minimum absolute atomic E-state index is 0.161. The number of hydrogen-bond acceptors (Lipinski definition) is 6. The molecule has 0 radical (unpaired) electrons. The van der Waals surface area contributed by atoms with E-state index in [9.17, 15) is 31.9 Å². The number of rotatable bonds is 18. The van der Waals surface area contributed by atoms with Crippen molar-refractivity contribution in [2.75, 3.05) is 0 Å². The molecule has 47 heavy (non-hydrogen) atoms. The zero-order valence-corrected chi connectivity index (χ0v) is 26.9. The van der Waals surface area contributed by atoms with Gasteiger partial charge >= 0.3 is 24.1 Å². The average Bonchev–Trinajstić information content (AvgIpc) is 3.04. The topological polar surface area (TPSA) is 78.9 Å². The SMILES string of the molecule is CCCCCCCCCC(=O)Oc1ccc(-c2ccc(C(=O)Oc3ccc(C(=O)O[C@H](CCCCC)C(F)(F)F)c(F)c3)cc2)cc1. The molecule has 0 bridgehead atoms. The third-order valence-electron chi connectivity index (χ3n) is 7.58. The highest BCUT2D eigenvalue weighted by atomic mass is 19.4. The van der Waals surface area contributed by atoms with Gasteiger partial charge in [0, 0.05) is 12.5 Å². The second-order valence-electron chi connectivity index (χ2n) is 11.4. The van der Waals surface area contributed by atoms with Gasteiger partial charge in [-0.25, -0.2) is 14.0 Å². The lowest BCUT2D eigenvalue weighted by molar-refractivity contribution is -0.206. The van der Waals surface area contributed by atoms with Crippen LogP contribution in [0.2, 0.25) is 0 Å². The molecule has 0 aliphatic heterocycles. The fraction of sp³-hybridized carbons (Fsp3) is 0.432. The number of benzene rings is 3. The maximum Gasteiger partial charge on any atom is 0.425 e. The number of carbonyl (C=O) groups excluding carboxylic acids is 3. The number of alkyl halides is 3. The molecule has 3 aromatic rings. The van der Waals surface area contributed by atoms with Gasteiger partial charge in [0.15, 0.2) is 6.10 Å². The molecule has 254 valence electrons. The van der Waals surface area contributed by atoms with E-state index in [0.717, 1.165) is 48.6 Å². The maximum atomic E-state index is 14.7. The first-order chi connectivity index (χ1) is 22.5. The Bertz CT molecular complexity index is 1430. The maximum absolute atomic E-state index is 14.7. The highest BCUT2D eigenvalue weighted by Gasteiger charge is 2.42. The van der Waals surface area contributed by atoms with Crippen molar-refractivity contribution >= 4 is 17.9 Å². The summed E-state index contributed by atoms with van der Waals surface area (Å²) >= 11 is 0. The highest BCUT2D eigenvalue weighted by Crippen LogP contribution is 2.29. The van der Waals surface area contributed by atoms with Crippen LogP contribution in [0.15, 0.2) is 66.7 Å². The Balaban J connectivity index is 1.52. The van der Waals surface area contributed by atoms with E-state index in [2.05, 4.69) is 11.7 Å². The molecule has 0 spiro atoms. The van der Waals surface area contributed by atoms with Gasteiger partial charge in [0.1, 0.15) is 17.3 Å². The molecule has 0 aliphatic carbocycles. The van der Waals surface area contributed by atoms with Crippen molar-refractivity contribution in [3.8, 4) is 22.6 Å². The van der Waals surface area contributed by atoms with Gasteiger partial charge < -0.3 is 14.2 Å². The summed E-state index contributed by atoms with van der Waals surface area (Å²) < 4.78 is 69.8. The summed E-state index contributed by atoms with van der Waals surface area (Å²) in [7, 11) is 0. The van der Waals surface area contributed by atoms with E-state index in [4.69, 9.17) is 9.47 Å². The molecule has 3 aromatic carbocycles. The minimum atomic E-state index is -4.78. The fourth-order valence-corrected chi connectivity index (χ4v) is 4.88. The lowest BCUT2D eigenvalue weighted by atomic mass is 10.0. The Kier molecular flexibility index (Phi) is 14.9. The van der Waals surface area contributed by atoms with Gasteiger partial charge in [0.05, 0.1) is 11.1 Å². The van der Waals surface area contributed by atoms with Crippen LogP contribution in [0.25, 0.3) is 11.1 Å². The lowest BCUT2D eigenvalue weighted by Crippen LogP contribution is -2.34. The van der Waals surface area contributed by atoms with E-state index in [1.165, 1.54) is 37.8 Å². The van der Waals surface area contributed by atoms with E-state index in [1.54, 1.807) is 36.4 Å². The predicted molar refractivity (Wildman–Crippen MR) is 171 cm³/mol. The molecular weight excluding hydrogens is 616 g/mol. The first-order valence-electron chi connectivity index (χ1n) is 16.2. The molecule has 0 saturated carbocycles. The molecule has 0 amide bonds. The van der Waals surface area contributed by atoms with Crippen molar-refractivity contribution in [1.82, 2.24) is 0 Å². The molecule has 10 heteroatoms. The number of hydrogen-bond donors (Lipinski definition) is 0. The number of esters is 3. The summed E-state index contributed by atoms with van der Waals surface area (Å²) in [6, 6.07) is 16.2. The van der Waals surface area contributed by atoms with Crippen LogP contribution in [0.1, 0.15) is 112 Å². The summed E-state index contributed by atoms with van der Waals surface area (Å²) in [4.78, 5) is 37.1. The summed E-state index contributed by atoms with van der Waals surface area (Å²) in [6.45, 7) is 4.01. The first-order valence-corrected chi connectivity index (χ1v) is 16.2. The van der Waals surface area contributed by atoms with Gasteiger partial charge in [0.25, 0.3) is 0 Å². The Morgan fingerprint density at radius 2 is 1.21 bits per heavy atom. The van der Waals surface area contributed by atoms with Gasteiger partial charge in [-0.15, -0.1) is 0 Å². The van der Waals surface area contributed by atoms with Crippen LogP contribution >= 0.6 is 0 Å². The van der Waals surface area contributed by atoms with Crippen molar-refractivity contribution in [3.05, 3.63) is 83.7 Å². The van der Waals surface area contributed by atoms with E-state index < -0.39 is 42.0 Å². The average molecular weight is 659 g/mol. The van der Waals surface area contributed by atoms with E-state index in [0.29, 0.717) is 25.0 Å². The largest absolute Gasteiger partial charge is 0.449 e. The number of halogens is 4. The van der Waals surface area contributed by atoms with Crippen LogP contribution in [0, 0.1) is 5.82 Å². The van der Waals surface area contributed by atoms with Crippen LogP contribution in [-0.2, 0) is 9.53 Å². The Morgan fingerprint density at radius 1 is 0.660 bits per heavy atom. The second kappa shape index (κ2) is 18.8. The standard InChI is InChI=1S/C37H42F4O6/c1-3-5-7-8-9-10-12-14-34(42)45-29-21-19-27(20-22-29)26-15-17-28(18-16-26)35(43)46-30-23-24-31(32(38)25-30)36(44)47-33(37(39,40)41)13-11-6-4-2/h15-25,33H,3-14H2,1-2H3/t33-/m1/s1. The molecule has 0 heterocycles. The monoisotopic (exact) mass is 658 g/mol. The predicted octanol–water partition coefficient (Wildman–Crippen LogP) is 10.4. The first kappa shape index (κ1) is 37.2. The molecule has 0 aliphatic rings. The van der Waals surface area contributed by atoms with Crippen molar-refractivity contribution < 1.29 is 46.2 Å². The Labute approximate surface area is 273 Å². The second-order valence-corrected chi connectivity index (χ2v) is 11.4. The van der Waals surface area contributed by atoms with E-state index >= 15 is 0 Å². The van der Waals surface area contributed by atoms with Crippen LogP contribution in [0.3, 0.4) is 0 Å². The summed E-state index contributed by atoms with van der Waals surface area (Å²) in [5, 5.41) is 0. The molecule has 6 nitrogen and oxygen atoms in total. The van der Waals surface area contributed by atoms with Crippen molar-refractivity contribution in [2.24, 2.45) is 0 Å². The van der Waals surface area contributed by atoms with Crippen molar-refractivity contribution in [3.63, 3.8) is 0 Å². The summed E-state index contributed by atoms with van der Waals surface area (Å²) in [5.41, 5.74) is 1.06. The van der Waals surface area contributed by atoms with E-state index in [-0.39, 0.29) is 23.7 Å². The normalized spacial score (nSPS) is 12.0. The van der Waals surface area contributed by atoms with Crippen molar-refractivity contribution in [2.45, 2.75) is 103 Å². The molecule has 0 unspecified atom stereocenters. The zero-order chi connectivity index (χ0) is 34.2. The van der Waals surface area contributed by atoms with Crippen molar-refractivity contribution in [1.29, 1.82) is 0 Å². The Morgan fingerprint density at radius 3 is 1.81 bits per heavy atom. The molecule has 0 fully saturated rings. The van der Waals surface area contributed by atoms with Crippen LogP contribution < -0.4 is 9.47 Å². The molecular formula is C37H42F4O6. The third kappa shape index (κ3) is 12.5. The molecule has 0 saturated heterocycles. The smallest absolute Gasteiger partial charge is 0.425 e. The molecule has 0 N–H and O–H groups in total. The zero-order valence-electron chi connectivity index (χ0n) is 26.9. The van der Waals surface area contributed by atoms with Gasteiger partial charge in [-0.05, 0) is 66.8 Å². The third-order valence-corrected chi connectivity index (χ3v) is 7.58. The number of carbonyl (C=O) groups is 3. The minimum Gasteiger partial charge on any atom is -0.449 e. The highest BCUT2D eigenvalue weighted by molar-refractivity contribution is 5.92. The number of unbranched alkanes of at least 4 members (excludes halogenated alkanes) is 8. The van der Waals surface area contributed by atoms with Gasteiger partial charge in [0.2, 0.25) is 0 Å². The summed E-state index contributed by atoms with van der Waals surface area (Å²) in [6.07, 6.45) is 2.06. The molecule has 1 atom stereocenters. The quantitative estimate of drug-likeness (QED) is 0.0586. The van der Waals surface area contributed by atoms with Crippen LogP contribution in [0.5, 0.6) is 11.5 Å². The number of ether oxygens (including phenoxy) is 3. The fourth-order valence-electron chi connectivity index (χ4n) is 4.88. The van der Waals surface area contributed by atoms with Crippen LogP contribution in [0.4, 0.5) is 17.6 Å². The van der Waals surface area contributed by atoms with E-state index in [1.807, 2.05) is 6.92 Å². The van der Waals surface area contributed by atoms with Gasteiger partial charge in [-0.1, -0.05) is 89.5 Å².